The Morgan fingerprint density at radius 2 is 1.86 bits per heavy atom. The van der Waals surface area contributed by atoms with Crippen molar-refractivity contribution < 1.29 is 18.0 Å². The van der Waals surface area contributed by atoms with E-state index in [0.717, 1.165) is 17.6 Å². The summed E-state index contributed by atoms with van der Waals surface area (Å²) in [7, 11) is -3.52. The summed E-state index contributed by atoms with van der Waals surface area (Å²) in [6.45, 7) is 3.10. The minimum Gasteiger partial charge on any atom is -0.298 e. The third-order valence-electron chi connectivity index (χ3n) is 2.87. The number of anilines is 1. The number of ketones is 1. The van der Waals surface area contributed by atoms with Crippen LogP contribution in [0.25, 0.3) is 0 Å². The Morgan fingerprint density at radius 1 is 1.23 bits per heavy atom. The van der Waals surface area contributed by atoms with Crippen molar-refractivity contribution in [2.45, 2.75) is 18.7 Å². The van der Waals surface area contributed by atoms with Gasteiger partial charge in [0.05, 0.1) is 21.0 Å². The number of carbonyl (C=O) groups is 2. The third-order valence-corrected chi connectivity index (χ3v) is 5.20. The van der Waals surface area contributed by atoms with Crippen molar-refractivity contribution in [1.82, 2.24) is 4.98 Å². The number of aryl methyl sites for hydroxylation is 1. The molecule has 6 nitrogen and oxygen atoms in total. The molecule has 22 heavy (non-hydrogen) atoms. The molecule has 0 fully saturated rings. The molecule has 8 heteroatoms. The number of benzene rings is 1. The molecule has 1 heterocycles. The molecule has 0 atom stereocenters. The molecule has 1 aromatic heterocycles. The Hall–Kier alpha value is -2.06. The molecular weight excluding hydrogens is 324 g/mol. The van der Waals surface area contributed by atoms with E-state index in [1.54, 1.807) is 19.1 Å². The summed E-state index contributed by atoms with van der Waals surface area (Å²) in [6, 6.07) is 5.93. The van der Waals surface area contributed by atoms with Gasteiger partial charge in [-0.1, -0.05) is 23.5 Å². The zero-order chi connectivity index (χ0) is 16.5. The number of sulfone groups is 1. The molecule has 0 unspecified atom stereocenters. The number of hydrogen-bond donors (Lipinski definition) is 1. The summed E-state index contributed by atoms with van der Waals surface area (Å²) in [5.74, 6) is -0.711. The van der Waals surface area contributed by atoms with Gasteiger partial charge in [-0.15, -0.1) is 0 Å². The van der Waals surface area contributed by atoms with Gasteiger partial charge in [0.15, 0.2) is 20.8 Å². The number of aromatic nitrogens is 1. The van der Waals surface area contributed by atoms with Crippen LogP contribution >= 0.6 is 11.3 Å². The van der Waals surface area contributed by atoms with E-state index in [-0.39, 0.29) is 21.4 Å². The molecule has 0 aliphatic heterocycles. The lowest BCUT2D eigenvalue weighted by Gasteiger charge is -2.06. The summed E-state index contributed by atoms with van der Waals surface area (Å²) in [6.07, 6.45) is 1.04. The summed E-state index contributed by atoms with van der Waals surface area (Å²) >= 11 is 1.06. The molecule has 1 amide bonds. The van der Waals surface area contributed by atoms with Crippen molar-refractivity contribution in [3.8, 4) is 0 Å². The Labute approximate surface area is 132 Å². The Balaban J connectivity index is 2.35. The Bertz CT molecular complexity index is 853. The van der Waals surface area contributed by atoms with E-state index in [0.29, 0.717) is 10.6 Å². The van der Waals surface area contributed by atoms with Gasteiger partial charge in [0, 0.05) is 13.2 Å². The van der Waals surface area contributed by atoms with E-state index >= 15 is 0 Å². The van der Waals surface area contributed by atoms with Gasteiger partial charge in [0.2, 0.25) is 0 Å². The SMILES string of the molecule is CC(=O)c1sc(NC(=O)c2ccccc2S(C)(=O)=O)nc1C. The number of nitrogens with zero attached hydrogens (tertiary/aromatic N) is 1. The maximum Gasteiger partial charge on any atom is 0.258 e. The molecule has 0 aliphatic carbocycles. The molecule has 0 radical (unpaired) electrons. The summed E-state index contributed by atoms with van der Waals surface area (Å²) in [5, 5.41) is 2.80. The molecule has 0 saturated heterocycles. The highest BCUT2D eigenvalue weighted by atomic mass is 32.2. The van der Waals surface area contributed by atoms with E-state index in [1.807, 2.05) is 0 Å². The maximum atomic E-state index is 12.3. The molecular formula is C14H14N2O4S2. The van der Waals surface area contributed by atoms with Gasteiger partial charge in [-0.3, -0.25) is 14.9 Å². The van der Waals surface area contributed by atoms with Crippen LogP contribution in [-0.2, 0) is 9.84 Å². The first-order valence-electron chi connectivity index (χ1n) is 6.29. The zero-order valence-electron chi connectivity index (χ0n) is 12.2. The predicted molar refractivity (Wildman–Crippen MR) is 84.4 cm³/mol. The van der Waals surface area contributed by atoms with Crippen LogP contribution in [0.5, 0.6) is 0 Å². The molecule has 0 aliphatic rings. The van der Waals surface area contributed by atoms with Gasteiger partial charge in [-0.2, -0.15) is 0 Å². The van der Waals surface area contributed by atoms with Gasteiger partial charge < -0.3 is 0 Å². The smallest absolute Gasteiger partial charge is 0.258 e. The lowest BCUT2D eigenvalue weighted by Crippen LogP contribution is -2.15. The van der Waals surface area contributed by atoms with Gasteiger partial charge in [0.25, 0.3) is 5.91 Å². The highest BCUT2D eigenvalue weighted by molar-refractivity contribution is 7.90. The second kappa shape index (κ2) is 5.98. The Kier molecular flexibility index (Phi) is 4.43. The topological polar surface area (TPSA) is 93.2 Å². The van der Waals surface area contributed by atoms with E-state index in [2.05, 4.69) is 10.3 Å². The van der Waals surface area contributed by atoms with E-state index < -0.39 is 15.7 Å². The Morgan fingerprint density at radius 3 is 2.41 bits per heavy atom. The first-order valence-corrected chi connectivity index (χ1v) is 8.99. The second-order valence-corrected chi connectivity index (χ2v) is 7.70. The fourth-order valence-corrected chi connectivity index (χ4v) is 3.66. The minimum atomic E-state index is -3.52. The molecule has 0 saturated carbocycles. The van der Waals surface area contributed by atoms with Crippen molar-refractivity contribution in [1.29, 1.82) is 0 Å². The minimum absolute atomic E-state index is 0.0437. The van der Waals surface area contributed by atoms with Crippen LogP contribution in [0.1, 0.15) is 32.6 Å². The standard InChI is InChI=1S/C14H14N2O4S2/c1-8-12(9(2)17)21-14(15-8)16-13(18)10-6-4-5-7-11(10)22(3,19)20/h4-7H,1-3H3,(H,15,16,18). The van der Waals surface area contributed by atoms with Crippen molar-refractivity contribution in [3.63, 3.8) is 0 Å². The van der Waals surface area contributed by atoms with Crippen LogP contribution in [-0.4, -0.2) is 31.3 Å². The molecule has 2 aromatic rings. The largest absolute Gasteiger partial charge is 0.298 e. The van der Waals surface area contributed by atoms with Crippen molar-refractivity contribution >= 4 is 38.0 Å². The van der Waals surface area contributed by atoms with Gasteiger partial charge in [0.1, 0.15) is 0 Å². The van der Waals surface area contributed by atoms with Gasteiger partial charge in [-0.05, 0) is 19.1 Å². The highest BCUT2D eigenvalue weighted by Gasteiger charge is 2.20. The molecule has 0 spiro atoms. The summed E-state index contributed by atoms with van der Waals surface area (Å²) in [5.41, 5.74) is 0.575. The number of nitrogens with one attached hydrogen (secondary N) is 1. The lowest BCUT2D eigenvalue weighted by molar-refractivity contribution is 0.101. The van der Waals surface area contributed by atoms with E-state index in [4.69, 9.17) is 0 Å². The van der Waals surface area contributed by atoms with Crippen molar-refractivity contribution in [2.75, 3.05) is 11.6 Å². The van der Waals surface area contributed by atoms with Crippen LogP contribution in [0, 0.1) is 6.92 Å². The first-order chi connectivity index (χ1) is 10.2. The van der Waals surface area contributed by atoms with Crippen LogP contribution in [0.4, 0.5) is 5.13 Å². The number of carbonyl (C=O) groups excluding carboxylic acids is 2. The average molecular weight is 338 g/mol. The van der Waals surface area contributed by atoms with E-state index in [9.17, 15) is 18.0 Å². The van der Waals surface area contributed by atoms with Crippen LogP contribution < -0.4 is 5.32 Å². The van der Waals surface area contributed by atoms with Crippen LogP contribution in [0.3, 0.4) is 0 Å². The van der Waals surface area contributed by atoms with Crippen LogP contribution in [0.2, 0.25) is 0 Å². The number of amides is 1. The van der Waals surface area contributed by atoms with Crippen molar-refractivity contribution in [3.05, 3.63) is 40.4 Å². The van der Waals surface area contributed by atoms with Gasteiger partial charge in [-0.25, -0.2) is 13.4 Å². The summed E-state index contributed by atoms with van der Waals surface area (Å²) < 4.78 is 23.4. The fourth-order valence-electron chi connectivity index (χ4n) is 1.92. The number of thiazole rings is 1. The number of Topliss-reactive ketones (excluding diaryl/α,β-unsaturated/α-hetero) is 1. The monoisotopic (exact) mass is 338 g/mol. The molecule has 2 rings (SSSR count). The number of rotatable bonds is 4. The molecule has 1 aromatic carbocycles. The highest BCUT2D eigenvalue weighted by Crippen LogP contribution is 2.24. The maximum absolute atomic E-state index is 12.3. The summed E-state index contributed by atoms with van der Waals surface area (Å²) in [4.78, 5) is 28.2. The predicted octanol–water partition coefficient (Wildman–Crippen LogP) is 2.31. The first kappa shape index (κ1) is 16.3. The van der Waals surface area contributed by atoms with Crippen molar-refractivity contribution in [2.24, 2.45) is 0 Å². The lowest BCUT2D eigenvalue weighted by atomic mass is 10.2. The van der Waals surface area contributed by atoms with Crippen LogP contribution in [0.15, 0.2) is 29.2 Å². The number of hydrogen-bond acceptors (Lipinski definition) is 6. The zero-order valence-corrected chi connectivity index (χ0v) is 13.8. The normalized spacial score (nSPS) is 11.2. The third kappa shape index (κ3) is 3.40. The average Bonchev–Trinajstić information content (AvgIpc) is 2.78. The quantitative estimate of drug-likeness (QED) is 0.864. The molecule has 116 valence electrons. The van der Waals surface area contributed by atoms with E-state index in [1.165, 1.54) is 19.1 Å². The second-order valence-electron chi connectivity index (χ2n) is 4.71. The molecule has 1 N–H and O–H groups in total. The molecule has 0 bridgehead atoms. The fraction of sp³-hybridized carbons (Fsp3) is 0.214. The van der Waals surface area contributed by atoms with Gasteiger partial charge >= 0.3 is 0 Å².